The van der Waals surface area contributed by atoms with Gasteiger partial charge in [-0.2, -0.15) is 0 Å². The van der Waals surface area contributed by atoms with Crippen LogP contribution in [0.3, 0.4) is 0 Å². The second-order valence-electron chi connectivity index (χ2n) is 4.54. The van der Waals surface area contributed by atoms with Gasteiger partial charge in [0.2, 0.25) is 5.91 Å². The number of ether oxygens (including phenoxy) is 1. The summed E-state index contributed by atoms with van der Waals surface area (Å²) in [5.74, 6) is -1.29. The number of carboxylic acids is 1. The van der Waals surface area contributed by atoms with E-state index in [-0.39, 0.29) is 11.9 Å². The number of amides is 1. The predicted molar refractivity (Wildman–Crippen MR) is 66.3 cm³/mol. The molecule has 0 aromatic carbocycles. The first-order valence-electron chi connectivity index (χ1n) is 6.16. The van der Waals surface area contributed by atoms with Gasteiger partial charge in [-0.15, -0.1) is 0 Å². The van der Waals surface area contributed by atoms with Gasteiger partial charge >= 0.3 is 5.97 Å². The Morgan fingerprint density at radius 2 is 2.00 bits per heavy atom. The number of hydrogen-bond acceptors (Lipinski definition) is 4. The SMILES string of the molecule is C[C@@H](NC(=O)[C@@H]1CC[C@H](C(=O)O)O1)c1ccncc1. The summed E-state index contributed by atoms with van der Waals surface area (Å²) in [5.41, 5.74) is 0.941. The minimum Gasteiger partial charge on any atom is -0.479 e. The van der Waals surface area contributed by atoms with Crippen LogP contribution in [0.5, 0.6) is 0 Å². The Morgan fingerprint density at radius 1 is 1.37 bits per heavy atom. The number of rotatable bonds is 4. The van der Waals surface area contributed by atoms with Crippen LogP contribution in [0.4, 0.5) is 0 Å². The largest absolute Gasteiger partial charge is 0.479 e. The van der Waals surface area contributed by atoms with Crippen LogP contribution in [-0.2, 0) is 14.3 Å². The molecule has 1 aromatic heterocycles. The average Bonchev–Trinajstić information content (AvgIpc) is 2.89. The van der Waals surface area contributed by atoms with E-state index in [1.54, 1.807) is 12.4 Å². The highest BCUT2D eigenvalue weighted by Crippen LogP contribution is 2.21. The van der Waals surface area contributed by atoms with E-state index < -0.39 is 18.2 Å². The van der Waals surface area contributed by atoms with Crippen molar-refractivity contribution < 1.29 is 19.4 Å². The zero-order valence-corrected chi connectivity index (χ0v) is 10.6. The van der Waals surface area contributed by atoms with Crippen molar-refractivity contribution in [3.63, 3.8) is 0 Å². The maximum Gasteiger partial charge on any atom is 0.332 e. The Bertz CT molecular complexity index is 463. The van der Waals surface area contributed by atoms with Gasteiger partial charge in [0, 0.05) is 12.4 Å². The van der Waals surface area contributed by atoms with Gasteiger partial charge < -0.3 is 15.2 Å². The monoisotopic (exact) mass is 264 g/mol. The molecule has 0 radical (unpaired) electrons. The molecule has 2 N–H and O–H groups in total. The third kappa shape index (κ3) is 3.29. The molecule has 1 aromatic rings. The Hall–Kier alpha value is -1.95. The van der Waals surface area contributed by atoms with Crippen LogP contribution in [0.15, 0.2) is 24.5 Å². The van der Waals surface area contributed by atoms with E-state index in [0.29, 0.717) is 12.8 Å². The van der Waals surface area contributed by atoms with Crippen LogP contribution >= 0.6 is 0 Å². The highest BCUT2D eigenvalue weighted by molar-refractivity contribution is 5.82. The number of nitrogens with zero attached hydrogens (tertiary/aromatic N) is 1. The van der Waals surface area contributed by atoms with Crippen LogP contribution in [0.25, 0.3) is 0 Å². The third-order valence-corrected chi connectivity index (χ3v) is 3.15. The molecular formula is C13H16N2O4. The number of nitrogens with one attached hydrogen (secondary N) is 1. The first kappa shape index (κ1) is 13.5. The first-order valence-corrected chi connectivity index (χ1v) is 6.16. The lowest BCUT2D eigenvalue weighted by atomic mass is 10.1. The van der Waals surface area contributed by atoms with E-state index in [2.05, 4.69) is 10.3 Å². The molecule has 6 nitrogen and oxygen atoms in total. The predicted octanol–water partition coefficient (Wildman–Crippen LogP) is 0.891. The van der Waals surface area contributed by atoms with Gasteiger partial charge in [0.25, 0.3) is 0 Å². The van der Waals surface area contributed by atoms with Crippen LogP contribution in [0.1, 0.15) is 31.4 Å². The zero-order chi connectivity index (χ0) is 13.8. The summed E-state index contributed by atoms with van der Waals surface area (Å²) in [7, 11) is 0. The fraction of sp³-hybridized carbons (Fsp3) is 0.462. The van der Waals surface area contributed by atoms with E-state index in [0.717, 1.165) is 5.56 Å². The summed E-state index contributed by atoms with van der Waals surface area (Å²) in [6.45, 7) is 1.86. The zero-order valence-electron chi connectivity index (χ0n) is 10.6. The van der Waals surface area contributed by atoms with E-state index >= 15 is 0 Å². The molecular weight excluding hydrogens is 248 g/mol. The molecule has 1 amide bonds. The van der Waals surface area contributed by atoms with Gasteiger partial charge in [-0.1, -0.05) is 0 Å². The fourth-order valence-corrected chi connectivity index (χ4v) is 2.05. The third-order valence-electron chi connectivity index (χ3n) is 3.15. The summed E-state index contributed by atoms with van der Waals surface area (Å²) >= 11 is 0. The van der Waals surface area contributed by atoms with Crippen molar-refractivity contribution in [1.29, 1.82) is 0 Å². The summed E-state index contributed by atoms with van der Waals surface area (Å²) in [6, 6.07) is 3.48. The van der Waals surface area contributed by atoms with Crippen LogP contribution in [0, 0.1) is 0 Å². The topological polar surface area (TPSA) is 88.5 Å². The quantitative estimate of drug-likeness (QED) is 0.843. The lowest BCUT2D eigenvalue weighted by molar-refractivity contribution is -0.151. The molecule has 0 unspecified atom stereocenters. The average molecular weight is 264 g/mol. The number of pyridine rings is 1. The molecule has 2 heterocycles. The number of hydrogen-bond donors (Lipinski definition) is 2. The summed E-state index contributed by atoms with van der Waals surface area (Å²) < 4.78 is 5.20. The standard InChI is InChI=1S/C13H16N2O4/c1-8(9-4-6-14-7-5-9)15-12(16)10-2-3-11(19-10)13(17)18/h4-8,10-11H,2-3H2,1H3,(H,15,16)(H,17,18)/t8-,10+,11-/m1/s1. The fourth-order valence-electron chi connectivity index (χ4n) is 2.05. The van der Waals surface area contributed by atoms with Crippen molar-refractivity contribution in [3.05, 3.63) is 30.1 Å². The Morgan fingerprint density at radius 3 is 2.58 bits per heavy atom. The van der Waals surface area contributed by atoms with Crippen molar-refractivity contribution in [2.75, 3.05) is 0 Å². The Labute approximate surface area is 110 Å². The van der Waals surface area contributed by atoms with Crippen LogP contribution < -0.4 is 5.32 Å². The normalized spacial score (nSPS) is 23.8. The molecule has 0 spiro atoms. The van der Waals surface area contributed by atoms with Gasteiger partial charge in [-0.3, -0.25) is 9.78 Å². The second-order valence-corrected chi connectivity index (χ2v) is 4.54. The van der Waals surface area contributed by atoms with E-state index in [1.165, 1.54) is 0 Å². The minimum absolute atomic E-state index is 0.164. The summed E-state index contributed by atoms with van der Waals surface area (Å²) in [6.07, 6.45) is 2.58. The number of carboxylic acid groups (broad SMARTS) is 1. The maximum absolute atomic E-state index is 12.0. The number of carbonyl (C=O) groups is 2. The van der Waals surface area contributed by atoms with Gasteiger partial charge in [-0.25, -0.2) is 4.79 Å². The van der Waals surface area contributed by atoms with E-state index in [9.17, 15) is 9.59 Å². The molecule has 0 bridgehead atoms. The van der Waals surface area contributed by atoms with Gasteiger partial charge in [0.15, 0.2) is 6.10 Å². The maximum atomic E-state index is 12.0. The van der Waals surface area contributed by atoms with Crippen molar-refractivity contribution in [3.8, 4) is 0 Å². The molecule has 1 saturated heterocycles. The molecule has 102 valence electrons. The van der Waals surface area contributed by atoms with Crippen molar-refractivity contribution >= 4 is 11.9 Å². The Balaban J connectivity index is 1.90. The molecule has 0 aliphatic carbocycles. The number of aromatic nitrogens is 1. The number of carbonyl (C=O) groups excluding carboxylic acids is 1. The minimum atomic E-state index is -1.02. The van der Waals surface area contributed by atoms with Crippen molar-refractivity contribution in [2.45, 2.75) is 38.0 Å². The molecule has 1 aliphatic rings. The molecule has 2 rings (SSSR count). The van der Waals surface area contributed by atoms with E-state index in [1.807, 2.05) is 19.1 Å². The Kier molecular flexibility index (Phi) is 4.11. The number of aliphatic carboxylic acids is 1. The van der Waals surface area contributed by atoms with Gasteiger partial charge in [0.1, 0.15) is 6.10 Å². The highest BCUT2D eigenvalue weighted by Gasteiger charge is 2.35. The van der Waals surface area contributed by atoms with Crippen molar-refractivity contribution in [2.24, 2.45) is 0 Å². The van der Waals surface area contributed by atoms with Gasteiger partial charge in [0.05, 0.1) is 6.04 Å². The molecule has 1 fully saturated rings. The summed E-state index contributed by atoms with van der Waals surface area (Å²) in [4.78, 5) is 26.6. The van der Waals surface area contributed by atoms with Crippen molar-refractivity contribution in [1.82, 2.24) is 10.3 Å². The van der Waals surface area contributed by atoms with E-state index in [4.69, 9.17) is 9.84 Å². The smallest absolute Gasteiger partial charge is 0.332 e. The molecule has 19 heavy (non-hydrogen) atoms. The molecule has 6 heteroatoms. The van der Waals surface area contributed by atoms with Gasteiger partial charge in [-0.05, 0) is 37.5 Å². The highest BCUT2D eigenvalue weighted by atomic mass is 16.5. The van der Waals surface area contributed by atoms with Crippen LogP contribution in [0.2, 0.25) is 0 Å². The summed E-state index contributed by atoms with van der Waals surface area (Å²) in [5, 5.41) is 11.6. The molecule has 1 aliphatic heterocycles. The first-order chi connectivity index (χ1) is 9.08. The lowest BCUT2D eigenvalue weighted by Gasteiger charge is -2.17. The second kappa shape index (κ2) is 5.79. The molecule has 0 saturated carbocycles. The lowest BCUT2D eigenvalue weighted by Crippen LogP contribution is -2.37. The molecule has 3 atom stereocenters. The van der Waals surface area contributed by atoms with Crippen LogP contribution in [-0.4, -0.2) is 34.2 Å².